The lowest BCUT2D eigenvalue weighted by Gasteiger charge is -2.28. The molecule has 8 heteroatoms. The minimum Gasteiger partial charge on any atom is -0.442 e. The van der Waals surface area contributed by atoms with Crippen molar-refractivity contribution in [3.8, 4) is 0 Å². The van der Waals surface area contributed by atoms with E-state index in [1.54, 1.807) is 0 Å². The molecule has 5 aromatic carbocycles. The number of esters is 1. The molecule has 0 unspecified atom stereocenters. The van der Waals surface area contributed by atoms with Crippen LogP contribution in [-0.2, 0) is 10.3 Å². The summed E-state index contributed by atoms with van der Waals surface area (Å²) >= 11 is 27.6. The molecule has 5 aromatic rings. The first-order valence-corrected chi connectivity index (χ1v) is 21.9. The fourth-order valence-corrected chi connectivity index (χ4v) is 8.85. The predicted molar refractivity (Wildman–Crippen MR) is 249 cm³/mol. The highest BCUT2D eigenvalue weighted by atomic mass is 35.5. The molecule has 302 valence electrons. The van der Waals surface area contributed by atoms with Crippen LogP contribution in [0.2, 0.25) is 20.1 Å². The van der Waals surface area contributed by atoms with Gasteiger partial charge in [-0.2, -0.15) is 0 Å². The Kier molecular flexibility index (Phi) is 14.4. The molecule has 0 atom stereocenters. The number of ether oxygens (including phenoxy) is 1. The summed E-state index contributed by atoms with van der Waals surface area (Å²) in [6.07, 6.45) is 8.18. The predicted octanol–water partition coefficient (Wildman–Crippen LogP) is 14.8. The first kappa shape index (κ1) is 43.4. The molecule has 1 aliphatic rings. The van der Waals surface area contributed by atoms with E-state index in [1.165, 1.54) is 0 Å². The van der Waals surface area contributed by atoms with Gasteiger partial charge < -0.3 is 14.5 Å². The Balaban J connectivity index is 1.68. The number of rotatable bonds is 16. The smallest absolute Gasteiger partial charge is 0.341 e. The minimum atomic E-state index is -1.58. The van der Waals surface area contributed by atoms with E-state index in [9.17, 15) is 4.79 Å². The average molecular weight is 855 g/mol. The third-order valence-electron chi connectivity index (χ3n) is 10.6. The lowest BCUT2D eigenvalue weighted by Crippen LogP contribution is -2.25. The van der Waals surface area contributed by atoms with Gasteiger partial charge in [0.25, 0.3) is 0 Å². The van der Waals surface area contributed by atoms with Crippen molar-refractivity contribution in [1.82, 2.24) is 0 Å². The lowest BCUT2D eigenvalue weighted by atomic mass is 9.82. The summed E-state index contributed by atoms with van der Waals surface area (Å²) < 4.78 is 6.64. The van der Waals surface area contributed by atoms with E-state index in [4.69, 9.17) is 51.1 Å². The monoisotopic (exact) mass is 852 g/mol. The number of halogens is 4. The molecule has 0 aromatic heterocycles. The molecule has 0 spiro atoms. The quantitative estimate of drug-likeness (QED) is 0.0562. The standard InChI is InChI=1S/C50H52Cl4N2O2/c1-7-27-55(28-8-2)39-23-19-37(20-24-39)41(35-15-11-33(5)12-16-35)31-50(44-43(49(57)58-50)45(51)47(53)48(54)46(44)52)32-42(36-17-13-34(6)14-18-36)38-21-25-40(26-22-38)56(29-9-3)30-10-4/h11-26,31-32H,7-10,27-30H2,1-6H3/b41-31+,42-32+. The number of hydrogen-bond acceptors (Lipinski definition) is 4. The molecule has 0 amide bonds. The van der Waals surface area contributed by atoms with Gasteiger partial charge in [-0.05, 0) is 109 Å². The Labute approximate surface area is 365 Å². The number of hydrogen-bond donors (Lipinski definition) is 0. The lowest BCUT2D eigenvalue weighted by molar-refractivity contribution is 0.0300. The normalized spacial score (nSPS) is 15.4. The maximum Gasteiger partial charge on any atom is 0.341 e. The Morgan fingerprint density at radius 2 is 0.845 bits per heavy atom. The van der Waals surface area contributed by atoms with Crippen molar-refractivity contribution in [3.05, 3.63) is 174 Å². The first-order valence-electron chi connectivity index (χ1n) is 20.3. The van der Waals surface area contributed by atoms with Crippen LogP contribution in [0.1, 0.15) is 103 Å². The van der Waals surface area contributed by atoms with E-state index < -0.39 is 11.6 Å². The van der Waals surface area contributed by atoms with Gasteiger partial charge in [-0.3, -0.25) is 0 Å². The molecule has 0 saturated heterocycles. The number of carbonyl (C=O) groups excluding carboxylic acids is 1. The molecule has 0 aliphatic carbocycles. The van der Waals surface area contributed by atoms with Gasteiger partial charge in [-0.15, -0.1) is 0 Å². The van der Waals surface area contributed by atoms with Crippen molar-refractivity contribution in [2.45, 2.75) is 72.8 Å². The minimum absolute atomic E-state index is 0.00102. The van der Waals surface area contributed by atoms with Gasteiger partial charge >= 0.3 is 5.97 Å². The average Bonchev–Trinajstić information content (AvgIpc) is 3.52. The molecule has 0 N–H and O–H groups in total. The molecule has 0 radical (unpaired) electrons. The van der Waals surface area contributed by atoms with E-state index in [1.807, 2.05) is 12.2 Å². The number of benzene rings is 5. The van der Waals surface area contributed by atoms with Crippen LogP contribution in [0.5, 0.6) is 0 Å². The Morgan fingerprint density at radius 1 is 0.517 bits per heavy atom. The molecule has 4 nitrogen and oxygen atoms in total. The molecular weight excluding hydrogens is 802 g/mol. The molecule has 0 bridgehead atoms. The van der Waals surface area contributed by atoms with Crippen molar-refractivity contribution in [2.75, 3.05) is 36.0 Å². The summed E-state index contributed by atoms with van der Waals surface area (Å²) in [6.45, 7) is 16.8. The van der Waals surface area contributed by atoms with Crippen LogP contribution in [0.25, 0.3) is 11.1 Å². The second-order valence-electron chi connectivity index (χ2n) is 15.1. The zero-order valence-electron chi connectivity index (χ0n) is 34.3. The first-order chi connectivity index (χ1) is 27.9. The third-order valence-corrected chi connectivity index (χ3v) is 12.4. The summed E-state index contributed by atoms with van der Waals surface area (Å²) in [6, 6.07) is 33.9. The molecule has 0 saturated carbocycles. The van der Waals surface area contributed by atoms with Crippen molar-refractivity contribution >= 4 is 74.9 Å². The maximum atomic E-state index is 14.3. The van der Waals surface area contributed by atoms with Crippen LogP contribution in [-0.4, -0.2) is 32.1 Å². The zero-order chi connectivity index (χ0) is 41.6. The van der Waals surface area contributed by atoms with Crippen molar-refractivity contribution < 1.29 is 9.53 Å². The van der Waals surface area contributed by atoms with E-state index in [2.05, 4.69) is 148 Å². The fourth-order valence-electron chi connectivity index (χ4n) is 7.78. The van der Waals surface area contributed by atoms with Crippen LogP contribution in [0, 0.1) is 13.8 Å². The van der Waals surface area contributed by atoms with Crippen LogP contribution >= 0.6 is 46.4 Å². The number of carbonyl (C=O) groups is 1. The Bertz CT molecular complexity index is 2150. The SMILES string of the molecule is CCCN(CCC)c1ccc(/C(=C/C2(/C=C(\c3ccc(C)cc3)c3ccc(N(CCC)CCC)cc3)OC(=O)c3c(Cl)c(Cl)c(Cl)c(Cl)c32)c2ccc(C)cc2)cc1. The topological polar surface area (TPSA) is 32.8 Å². The molecular formula is C50H52Cl4N2O2. The third kappa shape index (κ3) is 9.16. The Hall–Kier alpha value is -4.19. The second kappa shape index (κ2) is 19.3. The largest absolute Gasteiger partial charge is 0.442 e. The zero-order valence-corrected chi connectivity index (χ0v) is 37.3. The molecule has 58 heavy (non-hydrogen) atoms. The van der Waals surface area contributed by atoms with Crippen LogP contribution < -0.4 is 9.80 Å². The van der Waals surface area contributed by atoms with E-state index in [0.29, 0.717) is 5.56 Å². The highest BCUT2D eigenvalue weighted by Gasteiger charge is 2.48. The van der Waals surface area contributed by atoms with Crippen LogP contribution in [0.15, 0.2) is 109 Å². The number of nitrogens with zero attached hydrogens (tertiary/aromatic N) is 2. The van der Waals surface area contributed by atoms with Crippen molar-refractivity contribution in [2.24, 2.45) is 0 Å². The summed E-state index contributed by atoms with van der Waals surface area (Å²) in [5.41, 5.74) is 8.84. The number of aryl methyl sites for hydroxylation is 2. The van der Waals surface area contributed by atoms with Crippen LogP contribution in [0.3, 0.4) is 0 Å². The van der Waals surface area contributed by atoms with E-state index >= 15 is 0 Å². The summed E-state index contributed by atoms with van der Waals surface area (Å²) in [5, 5.41) is 0.161. The van der Waals surface area contributed by atoms with Gasteiger partial charge in [0, 0.05) is 43.1 Å². The number of fused-ring (bicyclic) bond motifs is 1. The van der Waals surface area contributed by atoms with Crippen LogP contribution in [0.4, 0.5) is 11.4 Å². The van der Waals surface area contributed by atoms with Gasteiger partial charge in [0.15, 0.2) is 5.60 Å². The second-order valence-corrected chi connectivity index (χ2v) is 16.6. The number of anilines is 2. The van der Waals surface area contributed by atoms with Crippen molar-refractivity contribution in [3.63, 3.8) is 0 Å². The Morgan fingerprint density at radius 3 is 1.19 bits per heavy atom. The fraction of sp³-hybridized carbons (Fsp3) is 0.300. The van der Waals surface area contributed by atoms with Gasteiger partial charge in [-0.25, -0.2) is 4.79 Å². The summed E-state index contributed by atoms with van der Waals surface area (Å²) in [5.74, 6) is -0.644. The van der Waals surface area contributed by atoms with Crippen molar-refractivity contribution in [1.29, 1.82) is 0 Å². The highest BCUT2D eigenvalue weighted by molar-refractivity contribution is 6.53. The van der Waals surface area contributed by atoms with Gasteiger partial charge in [-0.1, -0.05) is 158 Å². The molecule has 0 fully saturated rings. The number of cyclic esters (lactones) is 1. The van der Waals surface area contributed by atoms with E-state index in [0.717, 1.165) is 108 Å². The molecule has 6 rings (SSSR count). The van der Waals surface area contributed by atoms with Gasteiger partial charge in [0.05, 0.1) is 25.7 Å². The highest BCUT2D eigenvalue weighted by Crippen LogP contribution is 2.53. The maximum absolute atomic E-state index is 14.3. The van der Waals surface area contributed by atoms with Gasteiger partial charge in [0.2, 0.25) is 0 Å². The van der Waals surface area contributed by atoms with Gasteiger partial charge in [0.1, 0.15) is 0 Å². The van der Waals surface area contributed by atoms with E-state index in [-0.39, 0.29) is 25.7 Å². The summed E-state index contributed by atoms with van der Waals surface area (Å²) in [4.78, 5) is 19.1. The molecule has 1 aliphatic heterocycles. The molecule has 1 heterocycles. The summed E-state index contributed by atoms with van der Waals surface area (Å²) in [7, 11) is 0.